The molecule has 0 aromatic heterocycles. The maximum Gasteiger partial charge on any atom is 0.234 e. The number of nitrogens with zero attached hydrogens (tertiary/aromatic N) is 1. The number of benzene rings is 2. The molecule has 2 aromatic rings. The Labute approximate surface area is 165 Å². The molecule has 2 unspecified atom stereocenters. The molecule has 2 aromatic carbocycles. The zero-order valence-electron chi connectivity index (χ0n) is 15.8. The minimum absolute atomic E-state index is 0.0536. The van der Waals surface area contributed by atoms with Gasteiger partial charge in [-0.3, -0.25) is 9.69 Å². The van der Waals surface area contributed by atoms with Gasteiger partial charge in [0, 0.05) is 6.04 Å². The number of terminal acetylenes is 1. The normalized spacial score (nSPS) is 19.7. The molecule has 5 heteroatoms. The molecule has 0 fully saturated rings. The van der Waals surface area contributed by atoms with E-state index in [2.05, 4.69) is 34.3 Å². The van der Waals surface area contributed by atoms with Gasteiger partial charge in [-0.05, 0) is 36.1 Å². The zero-order valence-corrected chi connectivity index (χ0v) is 15.8. The van der Waals surface area contributed by atoms with Gasteiger partial charge in [0.15, 0.2) is 11.5 Å². The Balaban J connectivity index is 1.33. The highest BCUT2D eigenvalue weighted by Gasteiger charge is 2.29. The number of hydrogen-bond donors (Lipinski definition) is 1. The average molecular weight is 376 g/mol. The number of carbonyl (C=O) groups excluding carboxylic acids is 1. The molecule has 1 amide bonds. The Hall–Kier alpha value is -2.97. The third kappa shape index (κ3) is 3.97. The van der Waals surface area contributed by atoms with E-state index in [9.17, 15) is 4.79 Å². The number of para-hydroxylation sites is 2. The molecular formula is C23H24N2O3. The number of hydrogen-bond acceptors (Lipinski definition) is 4. The SMILES string of the molecule is C#CCN(CC(=O)NCC1COc2ccccc2O1)C1CCc2ccccc21. The van der Waals surface area contributed by atoms with Crippen molar-refractivity contribution in [2.75, 3.05) is 26.2 Å². The molecule has 0 radical (unpaired) electrons. The van der Waals surface area contributed by atoms with Gasteiger partial charge in [-0.25, -0.2) is 0 Å². The predicted octanol–water partition coefficient (Wildman–Crippen LogP) is 2.57. The number of nitrogens with one attached hydrogen (secondary N) is 1. The summed E-state index contributed by atoms with van der Waals surface area (Å²) in [5.74, 6) is 4.10. The van der Waals surface area contributed by atoms with Crippen molar-refractivity contribution < 1.29 is 14.3 Å². The van der Waals surface area contributed by atoms with Crippen molar-refractivity contribution in [3.05, 3.63) is 59.7 Å². The number of ether oxygens (including phenoxy) is 2. The second kappa shape index (κ2) is 8.37. The number of carbonyl (C=O) groups is 1. The first-order valence-corrected chi connectivity index (χ1v) is 9.65. The molecule has 1 aliphatic carbocycles. The van der Waals surface area contributed by atoms with Crippen molar-refractivity contribution in [1.82, 2.24) is 10.2 Å². The molecule has 5 nitrogen and oxygen atoms in total. The lowest BCUT2D eigenvalue weighted by atomic mass is 10.1. The molecule has 2 aliphatic rings. The quantitative estimate of drug-likeness (QED) is 0.788. The molecule has 1 heterocycles. The fourth-order valence-electron chi connectivity index (χ4n) is 3.94. The highest BCUT2D eigenvalue weighted by atomic mass is 16.6. The van der Waals surface area contributed by atoms with Gasteiger partial charge in [0.25, 0.3) is 0 Å². The van der Waals surface area contributed by atoms with Crippen molar-refractivity contribution in [3.8, 4) is 23.8 Å². The first kappa shape index (κ1) is 18.4. The van der Waals surface area contributed by atoms with Crippen molar-refractivity contribution in [1.29, 1.82) is 0 Å². The first-order valence-electron chi connectivity index (χ1n) is 9.65. The van der Waals surface area contributed by atoms with Crippen LogP contribution in [0, 0.1) is 12.3 Å². The van der Waals surface area contributed by atoms with Gasteiger partial charge < -0.3 is 14.8 Å². The molecule has 1 N–H and O–H groups in total. The zero-order chi connectivity index (χ0) is 19.3. The summed E-state index contributed by atoms with van der Waals surface area (Å²) in [5.41, 5.74) is 2.63. The molecule has 1 aliphatic heterocycles. The van der Waals surface area contributed by atoms with E-state index in [0.717, 1.165) is 18.6 Å². The summed E-state index contributed by atoms with van der Waals surface area (Å²) >= 11 is 0. The second-order valence-corrected chi connectivity index (χ2v) is 7.16. The lowest BCUT2D eigenvalue weighted by Crippen LogP contribution is -2.44. The maximum atomic E-state index is 12.6. The second-order valence-electron chi connectivity index (χ2n) is 7.16. The standard InChI is InChI=1S/C23H24N2O3/c1-2-13-25(20-12-11-17-7-3-4-8-19(17)20)15-23(26)24-14-18-16-27-21-9-5-6-10-22(21)28-18/h1,3-10,18,20H,11-16H2,(H,24,26). The van der Waals surface area contributed by atoms with Gasteiger partial charge in [0.05, 0.1) is 19.6 Å². The summed E-state index contributed by atoms with van der Waals surface area (Å²) in [6, 6.07) is 16.1. The van der Waals surface area contributed by atoms with Crippen LogP contribution in [-0.4, -0.2) is 43.2 Å². The van der Waals surface area contributed by atoms with Gasteiger partial charge >= 0.3 is 0 Å². The predicted molar refractivity (Wildman–Crippen MR) is 107 cm³/mol. The van der Waals surface area contributed by atoms with Crippen molar-refractivity contribution in [3.63, 3.8) is 0 Å². The molecule has 28 heavy (non-hydrogen) atoms. The van der Waals surface area contributed by atoms with Crippen LogP contribution in [0.25, 0.3) is 0 Å². The molecule has 0 bridgehead atoms. The van der Waals surface area contributed by atoms with Gasteiger partial charge in [-0.15, -0.1) is 6.42 Å². The lowest BCUT2D eigenvalue weighted by molar-refractivity contribution is -0.123. The van der Waals surface area contributed by atoms with Crippen LogP contribution in [0.3, 0.4) is 0 Å². The van der Waals surface area contributed by atoms with Crippen molar-refractivity contribution in [2.24, 2.45) is 0 Å². The van der Waals surface area contributed by atoms with Crippen LogP contribution in [0.15, 0.2) is 48.5 Å². The number of fused-ring (bicyclic) bond motifs is 2. The Morgan fingerprint density at radius 3 is 2.82 bits per heavy atom. The van der Waals surface area contributed by atoms with Crippen LogP contribution in [0.2, 0.25) is 0 Å². The van der Waals surface area contributed by atoms with Gasteiger partial charge in [0.1, 0.15) is 12.7 Å². The van der Waals surface area contributed by atoms with Crippen LogP contribution in [-0.2, 0) is 11.2 Å². The average Bonchev–Trinajstić information content (AvgIpc) is 3.16. The van der Waals surface area contributed by atoms with Gasteiger partial charge in [-0.2, -0.15) is 0 Å². The number of amides is 1. The van der Waals surface area contributed by atoms with Crippen LogP contribution < -0.4 is 14.8 Å². The molecule has 0 saturated carbocycles. The summed E-state index contributed by atoms with van der Waals surface area (Å²) in [6.45, 7) is 1.54. The molecule has 2 atom stereocenters. The highest BCUT2D eigenvalue weighted by Crippen LogP contribution is 2.35. The first-order chi connectivity index (χ1) is 13.7. The van der Waals surface area contributed by atoms with E-state index in [0.29, 0.717) is 25.4 Å². The summed E-state index contributed by atoms with van der Waals surface area (Å²) in [7, 11) is 0. The van der Waals surface area contributed by atoms with Crippen LogP contribution in [0.5, 0.6) is 11.5 Å². The summed E-state index contributed by atoms with van der Waals surface area (Å²) in [5, 5.41) is 2.97. The fraction of sp³-hybridized carbons (Fsp3) is 0.348. The van der Waals surface area contributed by atoms with E-state index in [1.54, 1.807) is 0 Å². The van der Waals surface area contributed by atoms with Crippen molar-refractivity contribution in [2.45, 2.75) is 25.0 Å². The monoisotopic (exact) mass is 376 g/mol. The number of aryl methyl sites for hydroxylation is 1. The van der Waals surface area contributed by atoms with E-state index in [4.69, 9.17) is 15.9 Å². The molecule has 4 rings (SSSR count). The maximum absolute atomic E-state index is 12.6. The number of rotatable bonds is 6. The summed E-state index contributed by atoms with van der Waals surface area (Å²) < 4.78 is 11.6. The van der Waals surface area contributed by atoms with Gasteiger partial charge in [0.2, 0.25) is 5.91 Å². The minimum Gasteiger partial charge on any atom is -0.486 e. The van der Waals surface area contributed by atoms with E-state index in [-0.39, 0.29) is 24.6 Å². The summed E-state index contributed by atoms with van der Waals surface area (Å²) in [4.78, 5) is 14.6. The molecule has 0 spiro atoms. The Morgan fingerprint density at radius 2 is 1.96 bits per heavy atom. The fourth-order valence-corrected chi connectivity index (χ4v) is 3.94. The van der Waals surface area contributed by atoms with Crippen LogP contribution in [0.1, 0.15) is 23.6 Å². The lowest BCUT2D eigenvalue weighted by Gasteiger charge is -2.29. The third-order valence-corrected chi connectivity index (χ3v) is 5.28. The van der Waals surface area contributed by atoms with E-state index < -0.39 is 0 Å². The molecule has 144 valence electrons. The minimum atomic E-state index is -0.202. The van der Waals surface area contributed by atoms with E-state index >= 15 is 0 Å². The largest absolute Gasteiger partial charge is 0.486 e. The Morgan fingerprint density at radius 1 is 1.18 bits per heavy atom. The smallest absolute Gasteiger partial charge is 0.234 e. The Kier molecular flexibility index (Phi) is 5.50. The van der Waals surface area contributed by atoms with Crippen LogP contribution in [0.4, 0.5) is 0 Å². The van der Waals surface area contributed by atoms with E-state index in [1.165, 1.54) is 11.1 Å². The highest BCUT2D eigenvalue weighted by molar-refractivity contribution is 5.78. The van der Waals surface area contributed by atoms with Gasteiger partial charge in [-0.1, -0.05) is 42.3 Å². The topological polar surface area (TPSA) is 50.8 Å². The summed E-state index contributed by atoms with van der Waals surface area (Å²) in [6.07, 6.45) is 7.38. The third-order valence-electron chi connectivity index (χ3n) is 5.28. The molecule has 0 saturated heterocycles. The molecular weight excluding hydrogens is 352 g/mol. The van der Waals surface area contributed by atoms with Crippen LogP contribution >= 0.6 is 0 Å². The Bertz CT molecular complexity index is 889. The van der Waals surface area contributed by atoms with Crippen molar-refractivity contribution >= 4 is 5.91 Å². The van der Waals surface area contributed by atoms with E-state index in [1.807, 2.05) is 30.3 Å².